The molecule has 0 bridgehead atoms. The molecular formula is C13H20N4O2. The van der Waals surface area contributed by atoms with E-state index < -0.39 is 5.97 Å². The molecular weight excluding hydrogens is 244 g/mol. The maximum atomic E-state index is 11.0. The third kappa shape index (κ3) is 3.01. The molecule has 6 heteroatoms. The number of nitrogens with zero attached hydrogens (tertiary/aromatic N) is 3. The molecule has 0 spiro atoms. The van der Waals surface area contributed by atoms with Gasteiger partial charge in [0.15, 0.2) is 5.69 Å². The number of carboxylic acids is 1. The Balaban J connectivity index is 2.21. The van der Waals surface area contributed by atoms with Crippen molar-refractivity contribution in [3.63, 3.8) is 0 Å². The molecule has 1 saturated heterocycles. The number of aromatic nitrogens is 2. The zero-order valence-corrected chi connectivity index (χ0v) is 11.3. The fraction of sp³-hybridized carbons (Fsp3) is 0.615. The van der Waals surface area contributed by atoms with E-state index in [9.17, 15) is 4.79 Å². The molecule has 1 aliphatic heterocycles. The molecule has 3 N–H and O–H groups in total. The molecule has 0 radical (unpaired) electrons. The highest BCUT2D eigenvalue weighted by Crippen LogP contribution is 2.24. The number of aryl methyl sites for hydroxylation is 1. The highest BCUT2D eigenvalue weighted by molar-refractivity contribution is 5.85. The molecule has 2 heterocycles. The van der Waals surface area contributed by atoms with Gasteiger partial charge in [-0.15, -0.1) is 0 Å². The van der Waals surface area contributed by atoms with Gasteiger partial charge in [-0.25, -0.2) is 14.8 Å². The molecule has 2 atom stereocenters. The Bertz CT molecular complexity index is 478. The van der Waals surface area contributed by atoms with Gasteiger partial charge in [-0.2, -0.15) is 0 Å². The van der Waals surface area contributed by atoms with Crippen LogP contribution in [0.3, 0.4) is 0 Å². The topological polar surface area (TPSA) is 92.3 Å². The van der Waals surface area contributed by atoms with Crippen LogP contribution in [0.25, 0.3) is 0 Å². The lowest BCUT2D eigenvalue weighted by atomic mass is 9.99. The Hall–Kier alpha value is -1.69. The van der Waals surface area contributed by atoms with Crippen LogP contribution >= 0.6 is 0 Å². The highest BCUT2D eigenvalue weighted by atomic mass is 16.4. The Morgan fingerprint density at radius 2 is 2.26 bits per heavy atom. The second kappa shape index (κ2) is 5.52. The van der Waals surface area contributed by atoms with Crippen LogP contribution in [0.1, 0.15) is 35.9 Å². The molecule has 1 fully saturated rings. The van der Waals surface area contributed by atoms with E-state index in [2.05, 4.69) is 16.9 Å². The first-order valence-electron chi connectivity index (χ1n) is 6.60. The fourth-order valence-corrected chi connectivity index (χ4v) is 2.54. The second-order valence-electron chi connectivity index (χ2n) is 5.12. The van der Waals surface area contributed by atoms with E-state index in [0.717, 1.165) is 19.4 Å². The van der Waals surface area contributed by atoms with Crippen LogP contribution in [0.5, 0.6) is 0 Å². The molecule has 6 nitrogen and oxygen atoms in total. The van der Waals surface area contributed by atoms with Crippen molar-refractivity contribution in [2.45, 2.75) is 32.7 Å². The van der Waals surface area contributed by atoms with Crippen LogP contribution in [0.4, 0.5) is 5.95 Å². The number of hydrogen-bond donors (Lipinski definition) is 2. The second-order valence-corrected chi connectivity index (χ2v) is 5.12. The minimum Gasteiger partial charge on any atom is -0.477 e. The number of nitrogens with two attached hydrogens (primary N) is 1. The normalized spacial score (nSPS) is 22.8. The van der Waals surface area contributed by atoms with Crippen molar-refractivity contribution in [2.75, 3.05) is 18.0 Å². The largest absolute Gasteiger partial charge is 0.477 e. The summed E-state index contributed by atoms with van der Waals surface area (Å²) in [7, 11) is 0. The van der Waals surface area contributed by atoms with Crippen molar-refractivity contribution in [3.8, 4) is 0 Å². The van der Waals surface area contributed by atoms with Gasteiger partial charge in [0.1, 0.15) is 0 Å². The Kier molecular flexibility index (Phi) is 3.99. The molecule has 1 aromatic heterocycles. The van der Waals surface area contributed by atoms with Crippen molar-refractivity contribution < 1.29 is 9.90 Å². The summed E-state index contributed by atoms with van der Waals surface area (Å²) in [6.45, 7) is 5.41. The van der Waals surface area contributed by atoms with Crippen LogP contribution in [-0.2, 0) is 0 Å². The lowest BCUT2D eigenvalue weighted by Crippen LogP contribution is -2.30. The van der Waals surface area contributed by atoms with Gasteiger partial charge in [0, 0.05) is 24.8 Å². The van der Waals surface area contributed by atoms with E-state index in [1.54, 1.807) is 6.92 Å². The molecule has 0 aliphatic carbocycles. The number of carbonyl (C=O) groups is 1. The van der Waals surface area contributed by atoms with E-state index >= 15 is 0 Å². The first-order chi connectivity index (χ1) is 9.01. The van der Waals surface area contributed by atoms with Crippen LogP contribution < -0.4 is 10.6 Å². The SMILES string of the molecule is CCC[C@H]1CN(c2nc(C)cc(C(=O)O)n2)C[C@@H]1N. The quantitative estimate of drug-likeness (QED) is 0.844. The van der Waals surface area contributed by atoms with Gasteiger partial charge in [-0.1, -0.05) is 13.3 Å². The smallest absolute Gasteiger partial charge is 0.354 e. The number of rotatable bonds is 4. The van der Waals surface area contributed by atoms with E-state index in [-0.39, 0.29) is 11.7 Å². The number of anilines is 1. The van der Waals surface area contributed by atoms with Crippen LogP contribution in [0, 0.1) is 12.8 Å². The summed E-state index contributed by atoms with van der Waals surface area (Å²) in [6, 6.07) is 1.59. The number of hydrogen-bond acceptors (Lipinski definition) is 5. The summed E-state index contributed by atoms with van der Waals surface area (Å²) in [5.74, 6) is -0.116. The zero-order chi connectivity index (χ0) is 14.0. The van der Waals surface area contributed by atoms with Gasteiger partial charge >= 0.3 is 5.97 Å². The summed E-state index contributed by atoms with van der Waals surface area (Å²) in [4.78, 5) is 21.4. The number of aromatic carboxylic acids is 1. The highest BCUT2D eigenvalue weighted by Gasteiger charge is 2.31. The Morgan fingerprint density at radius 3 is 2.89 bits per heavy atom. The molecule has 0 saturated carbocycles. The molecule has 0 amide bonds. The maximum absolute atomic E-state index is 11.0. The molecule has 1 aliphatic rings. The van der Waals surface area contributed by atoms with Gasteiger partial charge in [0.05, 0.1) is 0 Å². The lowest BCUT2D eigenvalue weighted by molar-refractivity contribution is 0.0690. The van der Waals surface area contributed by atoms with Gasteiger partial charge in [0.25, 0.3) is 0 Å². The maximum Gasteiger partial charge on any atom is 0.354 e. The molecule has 1 aromatic rings. The van der Waals surface area contributed by atoms with Crippen molar-refractivity contribution in [3.05, 3.63) is 17.5 Å². The average molecular weight is 264 g/mol. The summed E-state index contributed by atoms with van der Waals surface area (Å²) >= 11 is 0. The van der Waals surface area contributed by atoms with Crippen molar-refractivity contribution in [1.82, 2.24) is 9.97 Å². The predicted molar refractivity (Wildman–Crippen MR) is 72.3 cm³/mol. The van der Waals surface area contributed by atoms with E-state index in [0.29, 0.717) is 24.1 Å². The summed E-state index contributed by atoms with van der Waals surface area (Å²) < 4.78 is 0. The van der Waals surface area contributed by atoms with Gasteiger partial charge in [-0.3, -0.25) is 0 Å². The summed E-state index contributed by atoms with van der Waals surface area (Å²) in [6.07, 6.45) is 2.18. The minimum atomic E-state index is -1.03. The first kappa shape index (κ1) is 13.7. The third-order valence-electron chi connectivity index (χ3n) is 3.50. The Labute approximate surface area is 112 Å². The minimum absolute atomic E-state index is 0.0370. The monoisotopic (exact) mass is 264 g/mol. The van der Waals surface area contributed by atoms with E-state index in [4.69, 9.17) is 10.8 Å². The molecule has 2 rings (SSSR count). The summed E-state index contributed by atoms with van der Waals surface area (Å²) in [5, 5.41) is 9.03. The van der Waals surface area contributed by atoms with Crippen LogP contribution in [0.2, 0.25) is 0 Å². The molecule has 19 heavy (non-hydrogen) atoms. The standard InChI is InChI=1S/C13H20N4O2/c1-3-4-9-6-17(7-10(9)14)13-15-8(2)5-11(16-13)12(18)19/h5,9-10H,3-4,6-7,14H2,1-2H3,(H,18,19)/t9-,10-/m0/s1. The van der Waals surface area contributed by atoms with E-state index in [1.165, 1.54) is 6.07 Å². The Morgan fingerprint density at radius 1 is 1.53 bits per heavy atom. The van der Waals surface area contributed by atoms with Crippen molar-refractivity contribution in [1.29, 1.82) is 0 Å². The predicted octanol–water partition coefficient (Wildman–Crippen LogP) is 1.05. The van der Waals surface area contributed by atoms with Crippen LogP contribution in [0.15, 0.2) is 6.07 Å². The molecule has 0 unspecified atom stereocenters. The van der Waals surface area contributed by atoms with Crippen LogP contribution in [-0.4, -0.2) is 40.2 Å². The van der Waals surface area contributed by atoms with Gasteiger partial charge < -0.3 is 15.7 Å². The summed E-state index contributed by atoms with van der Waals surface area (Å²) in [5.41, 5.74) is 6.81. The zero-order valence-electron chi connectivity index (χ0n) is 11.3. The third-order valence-corrected chi connectivity index (χ3v) is 3.50. The fourth-order valence-electron chi connectivity index (χ4n) is 2.54. The number of carboxylic acid groups (broad SMARTS) is 1. The van der Waals surface area contributed by atoms with Crippen molar-refractivity contribution in [2.24, 2.45) is 11.7 Å². The van der Waals surface area contributed by atoms with Gasteiger partial charge in [-0.05, 0) is 25.3 Å². The average Bonchev–Trinajstić information content (AvgIpc) is 2.71. The van der Waals surface area contributed by atoms with Gasteiger partial charge in [0.2, 0.25) is 5.95 Å². The lowest BCUT2D eigenvalue weighted by Gasteiger charge is -2.16. The molecule has 0 aromatic carbocycles. The van der Waals surface area contributed by atoms with Crippen molar-refractivity contribution >= 4 is 11.9 Å². The first-order valence-corrected chi connectivity index (χ1v) is 6.60. The molecule has 104 valence electrons. The van der Waals surface area contributed by atoms with E-state index in [1.807, 2.05) is 4.90 Å².